The number of aliphatic imine (C=N–C) groups is 1. The Bertz CT molecular complexity index is 543. The zero-order chi connectivity index (χ0) is 20.6. The van der Waals surface area contributed by atoms with Gasteiger partial charge in [0.15, 0.2) is 5.96 Å². The van der Waals surface area contributed by atoms with Gasteiger partial charge in [0.1, 0.15) is 12.1 Å². The van der Waals surface area contributed by atoms with Gasteiger partial charge in [-0.25, -0.2) is 0 Å². The molecule has 28 heavy (non-hydrogen) atoms. The summed E-state index contributed by atoms with van der Waals surface area (Å²) in [5.74, 6) is 0.655. The second-order valence-electron chi connectivity index (χ2n) is 8.55. The van der Waals surface area contributed by atoms with E-state index in [0.717, 1.165) is 52.1 Å². The highest BCUT2D eigenvalue weighted by Crippen LogP contribution is 2.11. The van der Waals surface area contributed by atoms with E-state index in [9.17, 15) is 9.59 Å². The van der Waals surface area contributed by atoms with Gasteiger partial charge in [0.2, 0.25) is 5.91 Å². The molecule has 1 amide bonds. The average molecular weight is 396 g/mol. The number of rotatable bonds is 4. The summed E-state index contributed by atoms with van der Waals surface area (Å²) in [6.45, 7) is 11.1. The number of piperazine rings is 1. The normalized spacial score (nSPS) is 19.9. The molecule has 2 aliphatic heterocycles. The third-order valence-electron chi connectivity index (χ3n) is 5.01. The van der Waals surface area contributed by atoms with Gasteiger partial charge in [-0.15, -0.1) is 0 Å². The van der Waals surface area contributed by atoms with E-state index >= 15 is 0 Å². The van der Waals surface area contributed by atoms with E-state index in [1.165, 1.54) is 12.8 Å². The maximum atomic E-state index is 12.6. The highest BCUT2D eigenvalue weighted by Gasteiger charge is 2.24. The standard InChI is InChI=1S/C20H37N5O3/c1-20(2,3)28-18(27)15-22-19(21-4)25-13-11-23(12-14-25)16-17(26)24-9-7-5-6-8-10-24/h5-16H2,1-4H3,(H,21,22). The molecule has 2 rings (SSSR count). The van der Waals surface area contributed by atoms with Crippen molar-refractivity contribution in [2.75, 3.05) is 59.4 Å². The van der Waals surface area contributed by atoms with E-state index < -0.39 is 5.60 Å². The minimum Gasteiger partial charge on any atom is -0.459 e. The van der Waals surface area contributed by atoms with Crippen molar-refractivity contribution in [2.45, 2.75) is 52.1 Å². The first-order chi connectivity index (χ1) is 13.3. The van der Waals surface area contributed by atoms with Crippen molar-refractivity contribution in [2.24, 2.45) is 4.99 Å². The number of guanidine groups is 1. The van der Waals surface area contributed by atoms with Gasteiger partial charge >= 0.3 is 5.97 Å². The van der Waals surface area contributed by atoms with Gasteiger partial charge in [0, 0.05) is 46.3 Å². The molecule has 0 aliphatic carbocycles. The van der Waals surface area contributed by atoms with E-state index in [1.807, 2.05) is 25.7 Å². The Kier molecular flexibility index (Phi) is 8.54. The summed E-state index contributed by atoms with van der Waals surface area (Å²) in [7, 11) is 1.71. The molecule has 0 radical (unpaired) electrons. The fourth-order valence-corrected chi connectivity index (χ4v) is 3.59. The van der Waals surface area contributed by atoms with Crippen molar-refractivity contribution in [3.8, 4) is 0 Å². The molecule has 2 heterocycles. The summed E-state index contributed by atoms with van der Waals surface area (Å²) >= 11 is 0. The lowest BCUT2D eigenvalue weighted by molar-refractivity contribution is -0.153. The van der Waals surface area contributed by atoms with Crippen LogP contribution in [0.2, 0.25) is 0 Å². The van der Waals surface area contributed by atoms with Gasteiger partial charge in [-0.1, -0.05) is 12.8 Å². The molecule has 0 aromatic carbocycles. The Morgan fingerprint density at radius 2 is 1.54 bits per heavy atom. The van der Waals surface area contributed by atoms with Crippen LogP contribution in [0.3, 0.4) is 0 Å². The average Bonchev–Trinajstić information content (AvgIpc) is 2.91. The van der Waals surface area contributed by atoms with Crippen LogP contribution in [0.5, 0.6) is 0 Å². The van der Waals surface area contributed by atoms with Crippen LogP contribution in [0.4, 0.5) is 0 Å². The van der Waals surface area contributed by atoms with Crippen LogP contribution in [-0.4, -0.2) is 97.5 Å². The molecule has 0 aromatic rings. The summed E-state index contributed by atoms with van der Waals surface area (Å²) in [5.41, 5.74) is -0.492. The van der Waals surface area contributed by atoms with Crippen molar-refractivity contribution in [1.82, 2.24) is 20.0 Å². The maximum absolute atomic E-state index is 12.6. The number of ether oxygens (including phenoxy) is 1. The van der Waals surface area contributed by atoms with Crippen LogP contribution in [0.1, 0.15) is 46.5 Å². The summed E-state index contributed by atoms with van der Waals surface area (Å²) in [4.78, 5) is 35.1. The third-order valence-corrected chi connectivity index (χ3v) is 5.01. The molecule has 1 N–H and O–H groups in total. The minimum absolute atomic E-state index is 0.0948. The quantitative estimate of drug-likeness (QED) is 0.433. The fraction of sp³-hybridized carbons (Fsp3) is 0.850. The largest absolute Gasteiger partial charge is 0.459 e. The van der Waals surface area contributed by atoms with Crippen molar-refractivity contribution in [3.63, 3.8) is 0 Å². The van der Waals surface area contributed by atoms with E-state index in [-0.39, 0.29) is 18.4 Å². The molecule has 8 nitrogen and oxygen atoms in total. The molecule has 160 valence electrons. The zero-order valence-corrected chi connectivity index (χ0v) is 18.0. The predicted molar refractivity (Wildman–Crippen MR) is 110 cm³/mol. The van der Waals surface area contributed by atoms with Crippen LogP contribution in [0.25, 0.3) is 0 Å². The van der Waals surface area contributed by atoms with Gasteiger partial charge in [-0.2, -0.15) is 0 Å². The molecular weight excluding hydrogens is 358 g/mol. The Balaban J connectivity index is 1.73. The number of nitrogens with one attached hydrogen (secondary N) is 1. The number of amides is 1. The first-order valence-corrected chi connectivity index (χ1v) is 10.5. The monoisotopic (exact) mass is 395 g/mol. The molecule has 0 saturated carbocycles. The number of hydrogen-bond acceptors (Lipinski definition) is 5. The first kappa shape index (κ1) is 22.5. The van der Waals surface area contributed by atoms with Crippen LogP contribution in [-0.2, 0) is 14.3 Å². The van der Waals surface area contributed by atoms with Crippen molar-refractivity contribution < 1.29 is 14.3 Å². The number of likely N-dealkylation sites (tertiary alicyclic amines) is 1. The number of hydrogen-bond donors (Lipinski definition) is 1. The summed E-state index contributed by atoms with van der Waals surface area (Å²) < 4.78 is 5.32. The molecule has 8 heteroatoms. The number of carbonyl (C=O) groups is 2. The number of esters is 1. The SMILES string of the molecule is CN=C(NCC(=O)OC(C)(C)C)N1CCN(CC(=O)N2CCCCCC2)CC1. The zero-order valence-electron chi connectivity index (χ0n) is 18.0. The van der Waals surface area contributed by atoms with Crippen molar-refractivity contribution in [3.05, 3.63) is 0 Å². The van der Waals surface area contributed by atoms with E-state index in [4.69, 9.17) is 4.74 Å². The van der Waals surface area contributed by atoms with Crippen LogP contribution < -0.4 is 5.32 Å². The number of carbonyl (C=O) groups excluding carboxylic acids is 2. The molecule has 0 bridgehead atoms. The lowest BCUT2D eigenvalue weighted by atomic mass is 10.2. The highest BCUT2D eigenvalue weighted by molar-refractivity contribution is 5.84. The number of nitrogens with zero attached hydrogens (tertiary/aromatic N) is 4. The van der Waals surface area contributed by atoms with E-state index in [1.54, 1.807) is 7.05 Å². The molecule has 0 aromatic heterocycles. The van der Waals surface area contributed by atoms with Gasteiger partial charge in [0.25, 0.3) is 0 Å². The third kappa shape index (κ3) is 7.66. The first-order valence-electron chi connectivity index (χ1n) is 10.5. The van der Waals surface area contributed by atoms with Crippen LogP contribution in [0, 0.1) is 0 Å². The smallest absolute Gasteiger partial charge is 0.325 e. The molecule has 0 unspecified atom stereocenters. The van der Waals surface area contributed by atoms with E-state index in [0.29, 0.717) is 12.5 Å². The lowest BCUT2D eigenvalue weighted by Crippen LogP contribution is -2.54. The van der Waals surface area contributed by atoms with Crippen LogP contribution in [0.15, 0.2) is 4.99 Å². The Morgan fingerprint density at radius 3 is 2.07 bits per heavy atom. The molecular formula is C20H37N5O3. The molecule has 2 saturated heterocycles. The van der Waals surface area contributed by atoms with Gasteiger partial charge in [-0.3, -0.25) is 19.5 Å². The van der Waals surface area contributed by atoms with Crippen molar-refractivity contribution in [1.29, 1.82) is 0 Å². The molecule has 2 aliphatic rings. The van der Waals surface area contributed by atoms with Gasteiger partial charge < -0.3 is 19.9 Å². The Morgan fingerprint density at radius 1 is 0.929 bits per heavy atom. The van der Waals surface area contributed by atoms with Gasteiger partial charge in [0.05, 0.1) is 6.54 Å². The van der Waals surface area contributed by atoms with E-state index in [2.05, 4.69) is 20.1 Å². The Hall–Kier alpha value is -1.83. The predicted octanol–water partition coefficient (Wildman–Crippen LogP) is 0.924. The van der Waals surface area contributed by atoms with Crippen LogP contribution >= 0.6 is 0 Å². The van der Waals surface area contributed by atoms with Crippen molar-refractivity contribution >= 4 is 17.8 Å². The van der Waals surface area contributed by atoms with Gasteiger partial charge in [-0.05, 0) is 33.6 Å². The minimum atomic E-state index is -0.492. The molecule has 2 fully saturated rings. The highest BCUT2D eigenvalue weighted by atomic mass is 16.6. The molecule has 0 atom stereocenters. The molecule has 0 spiro atoms. The maximum Gasteiger partial charge on any atom is 0.325 e. The fourth-order valence-electron chi connectivity index (χ4n) is 3.59. The summed E-state index contributed by atoms with van der Waals surface area (Å²) in [5, 5.41) is 3.08. The second-order valence-corrected chi connectivity index (χ2v) is 8.55. The lowest BCUT2D eigenvalue weighted by Gasteiger charge is -2.36. The summed E-state index contributed by atoms with van der Waals surface area (Å²) in [6.07, 6.45) is 4.72. The Labute approximate surface area is 169 Å². The summed E-state index contributed by atoms with van der Waals surface area (Å²) in [6, 6.07) is 0. The second kappa shape index (κ2) is 10.6. The topological polar surface area (TPSA) is 77.5 Å².